The van der Waals surface area contributed by atoms with Crippen molar-refractivity contribution < 1.29 is 9.18 Å². The quantitative estimate of drug-likeness (QED) is 0.755. The Kier molecular flexibility index (Phi) is 3.96. The molecular weight excluding hydrogens is 225 g/mol. The lowest BCUT2D eigenvalue weighted by atomic mass is 10.2. The number of nitrogen functional groups attached to an aromatic ring is 1. The lowest BCUT2D eigenvalue weighted by Crippen LogP contribution is -2.32. The fourth-order valence-electron chi connectivity index (χ4n) is 1.17. The van der Waals surface area contributed by atoms with Gasteiger partial charge in [-0.1, -0.05) is 0 Å². The fraction of sp³-hybridized carbons (Fsp3) is 0.200. The molecule has 6 nitrogen and oxygen atoms in total. The minimum absolute atomic E-state index is 0.298. The normalized spacial score (nSPS) is 9.12. The third kappa shape index (κ3) is 2.67. The third-order valence-corrected chi connectivity index (χ3v) is 1.96. The van der Waals surface area contributed by atoms with Crippen molar-refractivity contribution in [3.8, 4) is 12.1 Å². The van der Waals surface area contributed by atoms with E-state index in [4.69, 9.17) is 16.3 Å². The first-order chi connectivity index (χ1) is 8.11. The van der Waals surface area contributed by atoms with E-state index in [-0.39, 0.29) is 18.7 Å². The molecule has 0 radical (unpaired) electrons. The second-order valence-electron chi connectivity index (χ2n) is 3.04. The minimum atomic E-state index is -0.946. The van der Waals surface area contributed by atoms with Gasteiger partial charge in [0.15, 0.2) is 11.6 Å². The van der Waals surface area contributed by atoms with Gasteiger partial charge in [-0.05, 0) is 6.07 Å². The molecule has 1 amide bonds. The van der Waals surface area contributed by atoms with Crippen molar-refractivity contribution in [1.82, 2.24) is 9.88 Å². The first-order valence-corrected chi connectivity index (χ1v) is 4.55. The molecule has 0 fully saturated rings. The summed E-state index contributed by atoms with van der Waals surface area (Å²) in [5, 5.41) is 17.0. The van der Waals surface area contributed by atoms with Crippen molar-refractivity contribution in [1.29, 1.82) is 10.5 Å². The maximum atomic E-state index is 13.5. The molecule has 0 saturated heterocycles. The number of amides is 1. The molecule has 0 aliphatic carbocycles. The molecule has 0 atom stereocenters. The average Bonchev–Trinajstić information content (AvgIpc) is 2.31. The topological polar surface area (TPSA) is 107 Å². The Balaban J connectivity index is 3.07. The van der Waals surface area contributed by atoms with E-state index in [9.17, 15) is 9.18 Å². The summed E-state index contributed by atoms with van der Waals surface area (Å²) in [6.07, 6.45) is 1.18. The van der Waals surface area contributed by atoms with Crippen LogP contribution in [-0.2, 0) is 0 Å². The summed E-state index contributed by atoms with van der Waals surface area (Å²) >= 11 is 0. The van der Waals surface area contributed by atoms with Gasteiger partial charge >= 0.3 is 0 Å². The standard InChI is InChI=1S/C10H8FN5O/c11-8-7(1-4-15-9(8)14)10(17)16(5-2-12)6-3-13/h1,4H,5-6H2,(H2,14,15). The van der Waals surface area contributed by atoms with Crippen molar-refractivity contribution in [2.24, 2.45) is 0 Å². The van der Waals surface area contributed by atoms with Crippen molar-refractivity contribution in [2.75, 3.05) is 18.8 Å². The summed E-state index contributed by atoms with van der Waals surface area (Å²) in [7, 11) is 0. The Morgan fingerprint density at radius 2 is 2.06 bits per heavy atom. The van der Waals surface area contributed by atoms with Crippen LogP contribution in [0.1, 0.15) is 10.4 Å². The predicted octanol–water partition coefficient (Wildman–Crippen LogP) is 0.292. The molecule has 2 N–H and O–H groups in total. The Morgan fingerprint density at radius 3 is 2.59 bits per heavy atom. The zero-order valence-corrected chi connectivity index (χ0v) is 8.72. The highest BCUT2D eigenvalue weighted by molar-refractivity contribution is 5.95. The molecule has 7 heteroatoms. The van der Waals surface area contributed by atoms with Crippen LogP contribution >= 0.6 is 0 Å². The van der Waals surface area contributed by atoms with Crippen molar-refractivity contribution in [3.05, 3.63) is 23.6 Å². The van der Waals surface area contributed by atoms with E-state index in [1.807, 2.05) is 0 Å². The van der Waals surface area contributed by atoms with Gasteiger partial charge in [-0.3, -0.25) is 4.79 Å². The van der Waals surface area contributed by atoms with Crippen LogP contribution in [-0.4, -0.2) is 28.9 Å². The van der Waals surface area contributed by atoms with Gasteiger partial charge in [0.05, 0.1) is 17.7 Å². The SMILES string of the molecule is N#CCN(CC#N)C(=O)c1ccnc(N)c1F. The number of aromatic nitrogens is 1. The van der Waals surface area contributed by atoms with Gasteiger partial charge < -0.3 is 10.6 Å². The van der Waals surface area contributed by atoms with Gasteiger partial charge in [0.2, 0.25) is 0 Å². The molecule has 1 heterocycles. The maximum absolute atomic E-state index is 13.5. The molecule has 1 aromatic rings. The Bertz CT molecular complexity index is 500. The number of nitrogens with two attached hydrogens (primary N) is 1. The minimum Gasteiger partial charge on any atom is -0.381 e. The summed E-state index contributed by atoms with van der Waals surface area (Å²) in [6.45, 7) is -0.595. The molecule has 0 saturated carbocycles. The van der Waals surface area contributed by atoms with Crippen LogP contribution in [0.15, 0.2) is 12.3 Å². The number of carbonyl (C=O) groups is 1. The maximum Gasteiger partial charge on any atom is 0.258 e. The highest BCUT2D eigenvalue weighted by Crippen LogP contribution is 2.13. The van der Waals surface area contributed by atoms with Crippen LogP contribution in [0.2, 0.25) is 0 Å². The molecule has 0 bridgehead atoms. The third-order valence-electron chi connectivity index (χ3n) is 1.96. The number of hydrogen-bond donors (Lipinski definition) is 1. The summed E-state index contributed by atoms with van der Waals surface area (Å²) in [6, 6.07) is 4.59. The van der Waals surface area contributed by atoms with Gasteiger partial charge in [0, 0.05) is 6.20 Å². The molecule has 0 spiro atoms. The van der Waals surface area contributed by atoms with E-state index in [1.165, 1.54) is 6.20 Å². The second-order valence-corrected chi connectivity index (χ2v) is 3.04. The van der Waals surface area contributed by atoms with Crippen LogP contribution in [0.4, 0.5) is 10.2 Å². The van der Waals surface area contributed by atoms with E-state index >= 15 is 0 Å². The lowest BCUT2D eigenvalue weighted by Gasteiger charge is -2.16. The molecule has 17 heavy (non-hydrogen) atoms. The summed E-state index contributed by atoms with van der Waals surface area (Å²) in [4.78, 5) is 16.2. The summed E-state index contributed by atoms with van der Waals surface area (Å²) < 4.78 is 13.5. The summed E-state index contributed by atoms with van der Waals surface area (Å²) in [5.74, 6) is -2.11. The molecule has 0 aliphatic heterocycles. The zero-order chi connectivity index (χ0) is 12.8. The summed E-state index contributed by atoms with van der Waals surface area (Å²) in [5.41, 5.74) is 4.92. The van der Waals surface area contributed by atoms with Crippen LogP contribution < -0.4 is 5.73 Å². The molecule has 86 valence electrons. The fourth-order valence-corrected chi connectivity index (χ4v) is 1.17. The number of halogens is 1. The number of carbonyl (C=O) groups excluding carboxylic acids is 1. The monoisotopic (exact) mass is 233 g/mol. The van der Waals surface area contributed by atoms with Crippen molar-refractivity contribution >= 4 is 11.7 Å². The number of pyridine rings is 1. The number of nitrogens with zero attached hydrogens (tertiary/aromatic N) is 4. The lowest BCUT2D eigenvalue weighted by molar-refractivity contribution is 0.0790. The zero-order valence-electron chi connectivity index (χ0n) is 8.72. The van der Waals surface area contributed by atoms with Crippen molar-refractivity contribution in [2.45, 2.75) is 0 Å². The predicted molar refractivity (Wildman–Crippen MR) is 55.7 cm³/mol. The van der Waals surface area contributed by atoms with Gasteiger partial charge in [0.25, 0.3) is 5.91 Å². The van der Waals surface area contributed by atoms with E-state index in [1.54, 1.807) is 12.1 Å². The number of rotatable bonds is 3. The van der Waals surface area contributed by atoms with Crippen molar-refractivity contribution in [3.63, 3.8) is 0 Å². The first kappa shape index (κ1) is 12.4. The molecule has 0 aromatic carbocycles. The van der Waals surface area contributed by atoms with Crippen LogP contribution in [0.3, 0.4) is 0 Å². The Labute approximate surface area is 96.7 Å². The highest BCUT2D eigenvalue weighted by Gasteiger charge is 2.20. The average molecular weight is 233 g/mol. The van der Waals surface area contributed by atoms with E-state index in [2.05, 4.69) is 4.98 Å². The number of hydrogen-bond acceptors (Lipinski definition) is 5. The molecule has 1 aromatic heterocycles. The van der Waals surface area contributed by atoms with Gasteiger partial charge in [-0.15, -0.1) is 0 Å². The largest absolute Gasteiger partial charge is 0.381 e. The second kappa shape index (κ2) is 5.42. The molecule has 0 unspecified atom stereocenters. The molecule has 1 rings (SSSR count). The van der Waals surface area contributed by atoms with E-state index in [0.717, 1.165) is 11.0 Å². The highest BCUT2D eigenvalue weighted by atomic mass is 19.1. The van der Waals surface area contributed by atoms with Crippen LogP contribution in [0, 0.1) is 28.5 Å². The van der Waals surface area contributed by atoms with E-state index in [0.29, 0.717) is 0 Å². The van der Waals surface area contributed by atoms with Gasteiger partial charge in [-0.25, -0.2) is 9.37 Å². The van der Waals surface area contributed by atoms with Crippen LogP contribution in [0.5, 0.6) is 0 Å². The Hall–Kier alpha value is -2.67. The van der Waals surface area contributed by atoms with Gasteiger partial charge in [0.1, 0.15) is 13.1 Å². The number of anilines is 1. The Morgan fingerprint density at radius 1 is 1.47 bits per heavy atom. The molecule has 0 aliphatic rings. The molecular formula is C10H8FN5O. The van der Waals surface area contributed by atoms with Gasteiger partial charge in [-0.2, -0.15) is 10.5 Å². The van der Waals surface area contributed by atoms with Crippen LogP contribution in [0.25, 0.3) is 0 Å². The first-order valence-electron chi connectivity index (χ1n) is 4.55. The smallest absolute Gasteiger partial charge is 0.258 e. The van der Waals surface area contributed by atoms with E-state index < -0.39 is 17.5 Å². The number of nitriles is 2.